The Morgan fingerprint density at radius 3 is 2.02 bits per heavy atom. The molecule has 4 fully saturated rings. The van der Waals surface area contributed by atoms with Gasteiger partial charge in [-0.05, 0) is 56.8 Å². The third kappa shape index (κ3) is 7.67. The molecule has 4 saturated heterocycles. The zero-order valence-corrected chi connectivity index (χ0v) is 29.6. The van der Waals surface area contributed by atoms with Gasteiger partial charge in [-0.1, -0.05) is 30.3 Å². The van der Waals surface area contributed by atoms with Crippen LogP contribution in [0.1, 0.15) is 54.8 Å². The van der Waals surface area contributed by atoms with Crippen molar-refractivity contribution in [2.45, 2.75) is 81.1 Å². The zero-order valence-electron chi connectivity index (χ0n) is 29.6. The lowest BCUT2D eigenvalue weighted by atomic mass is 9.97. The predicted octanol–water partition coefficient (Wildman–Crippen LogP) is 4.62. The lowest BCUT2D eigenvalue weighted by Crippen LogP contribution is -2.54. The van der Waals surface area contributed by atoms with Gasteiger partial charge in [0.1, 0.15) is 0 Å². The number of H-pyrrole nitrogens is 1. The summed E-state index contributed by atoms with van der Waals surface area (Å²) in [5.74, 6) is -0.312. The summed E-state index contributed by atoms with van der Waals surface area (Å²) in [5, 5.41) is 4.43. The van der Waals surface area contributed by atoms with Gasteiger partial charge in [0.05, 0.1) is 22.9 Å². The van der Waals surface area contributed by atoms with Crippen LogP contribution in [0.5, 0.6) is 0 Å². The van der Waals surface area contributed by atoms with Gasteiger partial charge in [0.25, 0.3) is 5.91 Å². The number of anilines is 1. The summed E-state index contributed by atoms with van der Waals surface area (Å²) < 4.78 is 90.4. The van der Waals surface area contributed by atoms with Gasteiger partial charge in [-0.3, -0.25) is 14.7 Å². The fourth-order valence-electron chi connectivity index (χ4n) is 8.46. The molecule has 2 bridgehead atoms. The lowest BCUT2D eigenvalue weighted by molar-refractivity contribution is -0.142. The maximum absolute atomic E-state index is 14.0. The van der Waals surface area contributed by atoms with Crippen molar-refractivity contribution < 1.29 is 40.7 Å². The third-order valence-electron chi connectivity index (χ3n) is 11.3. The van der Waals surface area contributed by atoms with Gasteiger partial charge in [-0.25, -0.2) is 14.3 Å². The van der Waals surface area contributed by atoms with Crippen LogP contribution in [0, 0.1) is 0 Å². The Bertz CT molecular complexity index is 1860. The number of nitrogen functional groups attached to an aromatic ring is 1. The zero-order chi connectivity index (χ0) is 38.5. The minimum atomic E-state index is -5.22. The van der Waals surface area contributed by atoms with Crippen molar-refractivity contribution in [3.05, 3.63) is 69.6 Å². The average molecular weight is 765 g/mol. The number of ether oxygens (including phenoxy) is 1. The summed E-state index contributed by atoms with van der Waals surface area (Å²) in [6.45, 7) is 2.68. The highest BCUT2D eigenvalue weighted by Gasteiger charge is 2.46. The van der Waals surface area contributed by atoms with E-state index >= 15 is 0 Å². The number of nitrogens with one attached hydrogen (secondary N) is 1. The second-order valence-corrected chi connectivity index (χ2v) is 14.7. The van der Waals surface area contributed by atoms with Crippen molar-refractivity contribution >= 4 is 17.7 Å². The second kappa shape index (κ2) is 14.6. The molecule has 2 unspecified atom stereocenters. The number of fused-ring (bicyclic) bond motifs is 2. The van der Waals surface area contributed by atoms with E-state index in [0.29, 0.717) is 68.8 Å². The number of amides is 2. The number of hydrogen-bond donors (Lipinski definition) is 2. The van der Waals surface area contributed by atoms with E-state index in [9.17, 15) is 40.7 Å². The number of halogens is 6. The summed E-state index contributed by atoms with van der Waals surface area (Å²) in [7, 11) is 2.10. The van der Waals surface area contributed by atoms with E-state index < -0.39 is 64.9 Å². The van der Waals surface area contributed by atoms with Crippen molar-refractivity contribution in [2.24, 2.45) is 0 Å². The molecule has 3 atom stereocenters. The maximum Gasteiger partial charge on any atom is 0.418 e. The molecule has 4 aliphatic heterocycles. The highest BCUT2D eigenvalue weighted by atomic mass is 19.4. The second-order valence-electron chi connectivity index (χ2n) is 14.7. The van der Waals surface area contributed by atoms with Crippen molar-refractivity contribution in [3.63, 3.8) is 0 Å². The molecule has 3 aromatic rings. The molecule has 5 heterocycles. The van der Waals surface area contributed by atoms with Gasteiger partial charge in [-0.2, -0.15) is 26.3 Å². The normalized spacial score (nSPS) is 22.6. The molecule has 0 spiro atoms. The Hall–Kier alpha value is -4.58. The summed E-state index contributed by atoms with van der Waals surface area (Å²) >= 11 is 0. The number of likely N-dealkylation sites (N-methyl/N-ethyl adjacent to an activating group) is 1. The molecule has 292 valence electrons. The molecule has 7 rings (SSSR count). The number of nitrogens with zero attached hydrogens (tertiary/aromatic N) is 6. The number of carbonyl (C=O) groups excluding carboxylic acids is 2. The van der Waals surface area contributed by atoms with Crippen LogP contribution in [0.4, 0.5) is 36.8 Å². The van der Waals surface area contributed by atoms with Crippen molar-refractivity contribution in [1.82, 2.24) is 34.4 Å². The number of likely N-dealkylation sites (tertiary alicyclic amines) is 4. The van der Waals surface area contributed by atoms with Crippen molar-refractivity contribution in [2.75, 3.05) is 52.0 Å². The molecule has 12 nitrogen and oxygen atoms in total. The molecule has 54 heavy (non-hydrogen) atoms. The largest absolute Gasteiger partial charge is 0.436 e. The highest BCUT2D eigenvalue weighted by Crippen LogP contribution is 2.42. The smallest absolute Gasteiger partial charge is 0.418 e. The number of piperazine rings is 1. The quantitative estimate of drug-likeness (QED) is 0.263. The first-order valence-corrected chi connectivity index (χ1v) is 18.1. The van der Waals surface area contributed by atoms with E-state index in [1.807, 2.05) is 18.2 Å². The van der Waals surface area contributed by atoms with Crippen LogP contribution in [0.25, 0.3) is 11.4 Å². The molecule has 0 aliphatic carbocycles. The first kappa shape index (κ1) is 37.7. The van der Waals surface area contributed by atoms with Gasteiger partial charge in [-0.15, -0.1) is 5.10 Å². The van der Waals surface area contributed by atoms with Crippen molar-refractivity contribution in [1.29, 1.82) is 0 Å². The number of piperidine rings is 2. The van der Waals surface area contributed by atoms with E-state index in [2.05, 4.69) is 26.9 Å². The first-order valence-electron chi connectivity index (χ1n) is 18.1. The number of aromatic amines is 1. The molecular formula is C36H42F6N8O4. The number of rotatable bonds is 7. The molecule has 18 heteroatoms. The van der Waals surface area contributed by atoms with Crippen molar-refractivity contribution in [3.8, 4) is 11.4 Å². The summed E-state index contributed by atoms with van der Waals surface area (Å²) in [5.41, 5.74) is 0.287. The Morgan fingerprint density at radius 2 is 1.46 bits per heavy atom. The number of nitrogens with two attached hydrogens (primary N) is 1. The van der Waals surface area contributed by atoms with Gasteiger partial charge in [0.2, 0.25) is 0 Å². The first-order chi connectivity index (χ1) is 25.6. The predicted molar refractivity (Wildman–Crippen MR) is 184 cm³/mol. The van der Waals surface area contributed by atoms with E-state index in [-0.39, 0.29) is 25.2 Å². The lowest BCUT2D eigenvalue weighted by Gasteiger charge is -2.42. The van der Waals surface area contributed by atoms with Crippen LogP contribution in [-0.2, 0) is 28.3 Å². The van der Waals surface area contributed by atoms with Gasteiger partial charge >= 0.3 is 24.1 Å². The SMILES string of the molecule is CN1CC2CC1CN2C1CCN(C(=O)[C@@H](Cc2cc(C(F)(F)F)c(N)c(C(F)(F)F)c2)OC(=O)N2CCC(n3nc(-c4ccccc4)[nH]c3=O)CC2)CC1. The Labute approximate surface area is 306 Å². The molecule has 0 radical (unpaired) electrons. The average Bonchev–Trinajstić information content (AvgIpc) is 3.85. The third-order valence-corrected chi connectivity index (χ3v) is 11.3. The maximum atomic E-state index is 14.0. The Balaban J connectivity index is 1.07. The number of carbonyl (C=O) groups is 2. The molecule has 2 amide bonds. The molecular weight excluding hydrogens is 722 g/mol. The van der Waals surface area contributed by atoms with E-state index in [4.69, 9.17) is 10.5 Å². The Morgan fingerprint density at radius 1 is 0.870 bits per heavy atom. The van der Waals surface area contributed by atoms with Crippen LogP contribution < -0.4 is 11.4 Å². The standard InChI is InChI=1S/C36H42F6N8O4/c1-46-19-26-18-25(46)20-49(26)23-7-11-47(12-8-23)32(51)29(17-21-15-27(35(37,38)39)30(43)28(16-21)36(40,41)42)54-34(53)48-13-9-24(10-14-48)50-33(52)44-31(45-50)22-5-3-2-4-6-22/h2-6,15-16,23-26,29H,7-14,17-20,43H2,1H3,(H,44,45,52)/t25?,26?,29-/m1/s1. The summed E-state index contributed by atoms with van der Waals surface area (Å²) in [6, 6.07) is 10.8. The number of benzene rings is 2. The molecule has 2 aromatic carbocycles. The summed E-state index contributed by atoms with van der Waals surface area (Å²) in [6.07, 6.45) is -10.9. The van der Waals surface area contributed by atoms with E-state index in [0.717, 1.165) is 25.1 Å². The van der Waals surface area contributed by atoms with Crippen LogP contribution in [0.3, 0.4) is 0 Å². The topological polar surface area (TPSA) is 133 Å². The number of aromatic nitrogens is 3. The van der Waals surface area contributed by atoms with Crippen LogP contribution in [-0.4, -0.2) is 117 Å². The van der Waals surface area contributed by atoms with Gasteiger partial charge in [0.15, 0.2) is 11.9 Å². The highest BCUT2D eigenvalue weighted by molar-refractivity contribution is 5.84. The number of hydrogen-bond acceptors (Lipinski definition) is 8. The molecule has 0 saturated carbocycles. The fraction of sp³-hybridized carbons (Fsp3) is 0.556. The minimum absolute atomic E-state index is 0.0985. The fourth-order valence-corrected chi connectivity index (χ4v) is 8.46. The van der Waals surface area contributed by atoms with E-state index in [1.165, 1.54) is 14.5 Å². The molecule has 4 aliphatic rings. The monoisotopic (exact) mass is 764 g/mol. The minimum Gasteiger partial charge on any atom is -0.436 e. The van der Waals surface area contributed by atoms with E-state index in [1.54, 1.807) is 12.1 Å². The van der Waals surface area contributed by atoms with Crippen LogP contribution in [0.2, 0.25) is 0 Å². The van der Waals surface area contributed by atoms with Gasteiger partial charge in [0, 0.05) is 69.4 Å². The van der Waals surface area contributed by atoms with Crippen LogP contribution >= 0.6 is 0 Å². The Kier molecular flexibility index (Phi) is 10.2. The number of alkyl halides is 6. The molecule has 1 aromatic heterocycles. The summed E-state index contributed by atoms with van der Waals surface area (Å²) in [4.78, 5) is 50.7. The van der Waals surface area contributed by atoms with Gasteiger partial charge < -0.3 is 25.2 Å². The molecule has 3 N–H and O–H groups in total. The van der Waals surface area contributed by atoms with Crippen LogP contribution in [0.15, 0.2) is 47.3 Å².